The van der Waals surface area contributed by atoms with Crippen molar-refractivity contribution < 1.29 is 4.79 Å². The third-order valence-corrected chi connectivity index (χ3v) is 3.99. The van der Waals surface area contributed by atoms with Crippen LogP contribution in [-0.4, -0.2) is 10.9 Å². The molecule has 3 nitrogen and oxygen atoms in total. The summed E-state index contributed by atoms with van der Waals surface area (Å²) in [6, 6.07) is 20.8. The van der Waals surface area contributed by atoms with E-state index in [-0.39, 0.29) is 11.9 Å². The summed E-state index contributed by atoms with van der Waals surface area (Å²) < 4.78 is 0. The summed E-state index contributed by atoms with van der Waals surface area (Å²) in [5.74, 6) is -0.173. The van der Waals surface area contributed by atoms with Crippen molar-refractivity contribution >= 4 is 23.6 Å². The second kappa shape index (κ2) is 8.27. The molecule has 0 fully saturated rings. The number of carbonyl (C=O) groups is 1. The first-order chi connectivity index (χ1) is 12.2. The molecule has 124 valence electrons. The van der Waals surface area contributed by atoms with Gasteiger partial charge in [-0.05, 0) is 41.0 Å². The Bertz CT molecular complexity index is 846. The predicted molar refractivity (Wildman–Crippen MR) is 101 cm³/mol. The minimum atomic E-state index is -0.246. The molecule has 0 aliphatic carbocycles. The normalized spacial score (nSPS) is 12.0. The average Bonchev–Trinajstić information content (AvgIpc) is 2.67. The molecule has 0 spiro atoms. The Morgan fingerprint density at radius 2 is 1.68 bits per heavy atom. The van der Waals surface area contributed by atoms with Gasteiger partial charge < -0.3 is 5.32 Å². The number of carbonyl (C=O) groups excluding carboxylic acids is 1. The fourth-order valence-corrected chi connectivity index (χ4v) is 2.62. The molecule has 0 aliphatic heterocycles. The number of nitrogens with zero attached hydrogens (tertiary/aromatic N) is 1. The molecule has 1 amide bonds. The highest BCUT2D eigenvalue weighted by Crippen LogP contribution is 2.23. The van der Waals surface area contributed by atoms with Gasteiger partial charge in [-0.3, -0.25) is 9.78 Å². The molecule has 1 heterocycles. The molecule has 1 atom stereocenters. The van der Waals surface area contributed by atoms with Crippen molar-refractivity contribution in [2.24, 2.45) is 0 Å². The fraction of sp³-hybridized carbons (Fsp3) is 0.0476. The Morgan fingerprint density at radius 1 is 0.960 bits per heavy atom. The number of hydrogen-bond donors (Lipinski definition) is 1. The Balaban J connectivity index is 1.81. The fourth-order valence-electron chi connectivity index (χ4n) is 2.50. The van der Waals surface area contributed by atoms with Crippen LogP contribution in [0.5, 0.6) is 0 Å². The number of amides is 1. The van der Waals surface area contributed by atoms with E-state index in [1.54, 1.807) is 18.5 Å². The molecule has 0 saturated carbocycles. The number of aromatic nitrogens is 1. The van der Waals surface area contributed by atoms with E-state index < -0.39 is 0 Å². The van der Waals surface area contributed by atoms with E-state index in [1.807, 2.05) is 66.7 Å². The van der Waals surface area contributed by atoms with Crippen LogP contribution in [0.3, 0.4) is 0 Å². The number of benzene rings is 2. The first-order valence-electron chi connectivity index (χ1n) is 7.91. The van der Waals surface area contributed by atoms with E-state index in [9.17, 15) is 4.79 Å². The second-order valence-corrected chi connectivity index (χ2v) is 5.96. The average molecular weight is 349 g/mol. The zero-order valence-electron chi connectivity index (χ0n) is 13.5. The van der Waals surface area contributed by atoms with Gasteiger partial charge in [0.25, 0.3) is 0 Å². The lowest BCUT2D eigenvalue weighted by atomic mass is 9.98. The van der Waals surface area contributed by atoms with Crippen LogP contribution in [0.2, 0.25) is 5.02 Å². The van der Waals surface area contributed by atoms with Gasteiger partial charge in [0.2, 0.25) is 5.91 Å². The predicted octanol–water partition coefficient (Wildman–Crippen LogP) is 4.65. The largest absolute Gasteiger partial charge is 0.342 e. The molecule has 25 heavy (non-hydrogen) atoms. The van der Waals surface area contributed by atoms with Crippen LogP contribution in [0.25, 0.3) is 6.08 Å². The van der Waals surface area contributed by atoms with Crippen LogP contribution in [0.4, 0.5) is 0 Å². The number of pyridine rings is 1. The van der Waals surface area contributed by atoms with Gasteiger partial charge in [0.15, 0.2) is 0 Å². The van der Waals surface area contributed by atoms with E-state index in [0.717, 1.165) is 16.7 Å². The minimum Gasteiger partial charge on any atom is -0.342 e. The smallest absolute Gasteiger partial charge is 0.244 e. The van der Waals surface area contributed by atoms with Gasteiger partial charge in [-0.2, -0.15) is 0 Å². The second-order valence-electron chi connectivity index (χ2n) is 5.52. The minimum absolute atomic E-state index is 0.173. The highest BCUT2D eigenvalue weighted by atomic mass is 35.5. The SMILES string of the molecule is O=C(/C=C/c1cccnc1)NC(c1ccccc1)c1ccc(Cl)cc1. The van der Waals surface area contributed by atoms with Gasteiger partial charge in [0, 0.05) is 23.5 Å². The maximum atomic E-state index is 12.4. The summed E-state index contributed by atoms with van der Waals surface area (Å²) in [4.78, 5) is 16.4. The summed E-state index contributed by atoms with van der Waals surface area (Å²) in [7, 11) is 0. The van der Waals surface area contributed by atoms with Gasteiger partial charge in [-0.15, -0.1) is 0 Å². The van der Waals surface area contributed by atoms with Gasteiger partial charge in [-0.1, -0.05) is 60.1 Å². The van der Waals surface area contributed by atoms with Crippen molar-refractivity contribution in [2.75, 3.05) is 0 Å². The molecule has 0 bridgehead atoms. The number of rotatable bonds is 5. The van der Waals surface area contributed by atoms with Gasteiger partial charge in [-0.25, -0.2) is 0 Å². The summed E-state index contributed by atoms with van der Waals surface area (Å²) in [6.45, 7) is 0. The Kier molecular flexibility index (Phi) is 5.60. The molecule has 1 unspecified atom stereocenters. The zero-order valence-corrected chi connectivity index (χ0v) is 14.2. The number of halogens is 1. The Hall–Kier alpha value is -2.91. The third-order valence-electron chi connectivity index (χ3n) is 3.73. The molecule has 3 rings (SSSR count). The molecule has 3 aromatic rings. The van der Waals surface area contributed by atoms with Crippen LogP contribution < -0.4 is 5.32 Å². The van der Waals surface area contributed by atoms with Crippen LogP contribution >= 0.6 is 11.6 Å². The monoisotopic (exact) mass is 348 g/mol. The highest BCUT2D eigenvalue weighted by Gasteiger charge is 2.15. The van der Waals surface area contributed by atoms with E-state index in [2.05, 4.69) is 10.3 Å². The maximum absolute atomic E-state index is 12.4. The molecule has 0 aliphatic rings. The summed E-state index contributed by atoms with van der Waals surface area (Å²) in [5.41, 5.74) is 2.85. The van der Waals surface area contributed by atoms with Crippen molar-refractivity contribution in [3.8, 4) is 0 Å². The molecule has 2 aromatic carbocycles. The van der Waals surface area contributed by atoms with E-state index >= 15 is 0 Å². The first kappa shape index (κ1) is 16.9. The van der Waals surface area contributed by atoms with E-state index in [4.69, 9.17) is 11.6 Å². The van der Waals surface area contributed by atoms with Crippen molar-refractivity contribution in [3.05, 3.63) is 107 Å². The van der Waals surface area contributed by atoms with Crippen LogP contribution in [0.1, 0.15) is 22.7 Å². The molecule has 1 aromatic heterocycles. The standard InChI is InChI=1S/C21H17ClN2O/c22-19-11-9-18(10-12-19)21(17-6-2-1-3-7-17)24-20(25)13-8-16-5-4-14-23-15-16/h1-15,21H,(H,24,25)/b13-8+. The zero-order chi connectivity index (χ0) is 17.5. The van der Waals surface area contributed by atoms with Gasteiger partial charge in [0.1, 0.15) is 0 Å². The van der Waals surface area contributed by atoms with Crippen LogP contribution in [0.15, 0.2) is 85.2 Å². The Labute approximate surface area is 152 Å². The van der Waals surface area contributed by atoms with Crippen molar-refractivity contribution in [1.29, 1.82) is 0 Å². The van der Waals surface area contributed by atoms with Crippen molar-refractivity contribution in [2.45, 2.75) is 6.04 Å². The maximum Gasteiger partial charge on any atom is 0.244 e. The van der Waals surface area contributed by atoms with E-state index in [0.29, 0.717) is 5.02 Å². The first-order valence-corrected chi connectivity index (χ1v) is 8.29. The number of hydrogen-bond acceptors (Lipinski definition) is 2. The molecule has 0 saturated heterocycles. The summed E-state index contributed by atoms with van der Waals surface area (Å²) in [6.07, 6.45) is 6.66. The van der Waals surface area contributed by atoms with Crippen molar-refractivity contribution in [3.63, 3.8) is 0 Å². The van der Waals surface area contributed by atoms with Gasteiger partial charge >= 0.3 is 0 Å². The van der Waals surface area contributed by atoms with Gasteiger partial charge in [0.05, 0.1) is 6.04 Å². The Morgan fingerprint density at radius 3 is 2.36 bits per heavy atom. The molecular formula is C21H17ClN2O. The van der Waals surface area contributed by atoms with Crippen LogP contribution in [0, 0.1) is 0 Å². The molecular weight excluding hydrogens is 332 g/mol. The van der Waals surface area contributed by atoms with Crippen LogP contribution in [-0.2, 0) is 4.79 Å². The molecule has 4 heteroatoms. The lowest BCUT2D eigenvalue weighted by molar-refractivity contribution is -0.116. The topological polar surface area (TPSA) is 42.0 Å². The summed E-state index contributed by atoms with van der Waals surface area (Å²) >= 11 is 5.98. The highest BCUT2D eigenvalue weighted by molar-refractivity contribution is 6.30. The third kappa shape index (κ3) is 4.78. The molecule has 0 radical (unpaired) electrons. The quantitative estimate of drug-likeness (QED) is 0.682. The lowest BCUT2D eigenvalue weighted by Crippen LogP contribution is -2.27. The van der Waals surface area contributed by atoms with E-state index in [1.165, 1.54) is 6.08 Å². The lowest BCUT2D eigenvalue weighted by Gasteiger charge is -2.19. The molecule has 1 N–H and O–H groups in total. The number of nitrogens with one attached hydrogen (secondary N) is 1. The van der Waals surface area contributed by atoms with Crippen molar-refractivity contribution in [1.82, 2.24) is 10.3 Å². The summed E-state index contributed by atoms with van der Waals surface area (Å²) in [5, 5.41) is 3.72.